The van der Waals surface area contributed by atoms with Crippen LogP contribution >= 0.6 is 0 Å². The molecule has 0 radical (unpaired) electrons. The van der Waals surface area contributed by atoms with Gasteiger partial charge in [0.2, 0.25) is 0 Å². The number of hydrogen-bond acceptors (Lipinski definition) is 4. The molecular weight excluding hydrogens is 286 g/mol. The van der Waals surface area contributed by atoms with Crippen LogP contribution in [0.4, 0.5) is 0 Å². The van der Waals surface area contributed by atoms with Gasteiger partial charge in [0.15, 0.2) is 0 Å². The predicted molar refractivity (Wildman–Crippen MR) is 89.0 cm³/mol. The first kappa shape index (κ1) is 15.1. The molecule has 4 rings (SSSR count). The van der Waals surface area contributed by atoms with Crippen LogP contribution in [0.15, 0.2) is 24.3 Å². The van der Waals surface area contributed by atoms with Crippen molar-refractivity contribution in [1.82, 2.24) is 10.2 Å². The molecule has 1 aliphatic heterocycles. The number of fused-ring (bicyclic) bond motifs is 1. The summed E-state index contributed by atoms with van der Waals surface area (Å²) in [5, 5.41) is 22.4. The maximum Gasteiger partial charge on any atom is 0.0991 e. The molecule has 4 nitrogen and oxygen atoms in total. The second kappa shape index (κ2) is 5.90. The van der Waals surface area contributed by atoms with E-state index in [1.165, 1.54) is 24.8 Å². The summed E-state index contributed by atoms with van der Waals surface area (Å²) in [6, 6.07) is 11.1. The van der Waals surface area contributed by atoms with Crippen molar-refractivity contribution in [3.8, 4) is 6.07 Å². The number of aliphatic hydroxyl groups excluding tert-OH is 1. The fourth-order valence-electron chi connectivity index (χ4n) is 4.80. The van der Waals surface area contributed by atoms with Crippen molar-refractivity contribution in [2.24, 2.45) is 5.92 Å². The molecule has 23 heavy (non-hydrogen) atoms. The zero-order chi connectivity index (χ0) is 15.9. The number of hydrogen-bond donors (Lipinski definition) is 2. The summed E-state index contributed by atoms with van der Waals surface area (Å²) >= 11 is 0. The molecule has 0 amide bonds. The molecule has 1 saturated heterocycles. The smallest absolute Gasteiger partial charge is 0.0991 e. The molecule has 0 aromatic heterocycles. The lowest BCUT2D eigenvalue weighted by atomic mass is 9.92. The van der Waals surface area contributed by atoms with Crippen LogP contribution in [-0.2, 0) is 5.41 Å². The van der Waals surface area contributed by atoms with Crippen molar-refractivity contribution >= 4 is 0 Å². The van der Waals surface area contributed by atoms with Gasteiger partial charge in [0.25, 0.3) is 0 Å². The van der Waals surface area contributed by atoms with Crippen LogP contribution in [0.1, 0.15) is 36.8 Å². The van der Waals surface area contributed by atoms with Crippen LogP contribution in [-0.4, -0.2) is 48.3 Å². The quantitative estimate of drug-likeness (QED) is 0.868. The minimum atomic E-state index is -0.120. The number of benzene rings is 1. The average Bonchev–Trinajstić information content (AvgIpc) is 3.01. The van der Waals surface area contributed by atoms with E-state index >= 15 is 0 Å². The molecule has 122 valence electrons. The molecule has 3 fully saturated rings. The molecule has 3 aliphatic rings. The van der Waals surface area contributed by atoms with E-state index in [9.17, 15) is 5.11 Å². The highest BCUT2D eigenvalue weighted by Crippen LogP contribution is 2.64. The number of nitrogens with zero attached hydrogens (tertiary/aromatic N) is 2. The van der Waals surface area contributed by atoms with E-state index in [-0.39, 0.29) is 6.10 Å². The van der Waals surface area contributed by atoms with E-state index < -0.39 is 0 Å². The van der Waals surface area contributed by atoms with Gasteiger partial charge in [-0.05, 0) is 49.3 Å². The van der Waals surface area contributed by atoms with E-state index in [1.807, 2.05) is 12.1 Å². The summed E-state index contributed by atoms with van der Waals surface area (Å²) in [5.41, 5.74) is 2.49. The topological polar surface area (TPSA) is 59.3 Å². The SMILES string of the molecule is N#Cc1cccc([C@]23CC[C@@H](NCCN4CC[C@@H](O)C4)[C@H]2C3)c1. The highest BCUT2D eigenvalue weighted by atomic mass is 16.3. The zero-order valence-electron chi connectivity index (χ0n) is 13.5. The Labute approximate surface area is 138 Å². The Kier molecular flexibility index (Phi) is 3.88. The first-order valence-corrected chi connectivity index (χ1v) is 8.86. The van der Waals surface area contributed by atoms with Crippen LogP contribution in [0.25, 0.3) is 0 Å². The Hall–Kier alpha value is -1.41. The molecule has 2 aliphatic carbocycles. The predicted octanol–water partition coefficient (Wildman–Crippen LogP) is 1.63. The first-order chi connectivity index (χ1) is 11.2. The van der Waals surface area contributed by atoms with E-state index in [1.54, 1.807) is 0 Å². The molecule has 0 bridgehead atoms. The number of aliphatic hydroxyl groups is 1. The summed E-state index contributed by atoms with van der Waals surface area (Å²) in [6.45, 7) is 3.92. The monoisotopic (exact) mass is 311 g/mol. The molecule has 1 heterocycles. The van der Waals surface area contributed by atoms with E-state index in [2.05, 4.69) is 28.4 Å². The molecule has 2 saturated carbocycles. The summed E-state index contributed by atoms with van der Waals surface area (Å²) in [6.07, 6.45) is 4.55. The van der Waals surface area contributed by atoms with Crippen LogP contribution in [0.5, 0.6) is 0 Å². The van der Waals surface area contributed by atoms with Crippen LogP contribution in [0.2, 0.25) is 0 Å². The van der Waals surface area contributed by atoms with Gasteiger partial charge in [-0.2, -0.15) is 5.26 Å². The van der Waals surface area contributed by atoms with Crippen molar-refractivity contribution in [1.29, 1.82) is 5.26 Å². The van der Waals surface area contributed by atoms with E-state index in [0.29, 0.717) is 11.5 Å². The first-order valence-electron chi connectivity index (χ1n) is 8.86. The van der Waals surface area contributed by atoms with Gasteiger partial charge in [0.05, 0.1) is 17.7 Å². The Balaban J connectivity index is 1.32. The second-order valence-electron chi connectivity index (χ2n) is 7.50. The molecule has 0 unspecified atom stereocenters. The maximum absolute atomic E-state index is 9.58. The van der Waals surface area contributed by atoms with Crippen LogP contribution in [0.3, 0.4) is 0 Å². The minimum absolute atomic E-state index is 0.120. The number of nitrogens with one attached hydrogen (secondary N) is 1. The standard InChI is InChI=1S/C19H25N3O/c20-12-14-2-1-3-15(10-14)19-6-4-18(17(19)11-19)21-7-9-22-8-5-16(23)13-22/h1-3,10,16-18,21,23H,4-9,11,13H2/t16-,17-,18-,19-/m1/s1. The summed E-state index contributed by atoms with van der Waals surface area (Å²) < 4.78 is 0. The third-order valence-corrected chi connectivity index (χ3v) is 6.17. The van der Waals surface area contributed by atoms with Crippen molar-refractivity contribution in [2.75, 3.05) is 26.2 Å². The molecule has 0 spiro atoms. The van der Waals surface area contributed by atoms with E-state index in [4.69, 9.17) is 5.26 Å². The third kappa shape index (κ3) is 2.78. The van der Waals surface area contributed by atoms with Crippen molar-refractivity contribution < 1.29 is 5.11 Å². The Morgan fingerprint density at radius 1 is 1.39 bits per heavy atom. The lowest BCUT2D eigenvalue weighted by molar-refractivity contribution is 0.176. The van der Waals surface area contributed by atoms with Gasteiger partial charge in [0.1, 0.15) is 0 Å². The number of rotatable bonds is 5. The molecule has 1 aromatic carbocycles. The Bertz CT molecular complexity index is 625. The average molecular weight is 311 g/mol. The van der Waals surface area contributed by atoms with E-state index in [0.717, 1.165) is 44.1 Å². The Morgan fingerprint density at radius 3 is 3.04 bits per heavy atom. The van der Waals surface area contributed by atoms with Gasteiger partial charge in [-0.3, -0.25) is 4.90 Å². The van der Waals surface area contributed by atoms with Crippen LogP contribution in [0, 0.1) is 17.2 Å². The number of nitriles is 1. The molecular formula is C19H25N3O. The van der Waals surface area contributed by atoms with Gasteiger partial charge in [0, 0.05) is 37.6 Å². The summed E-state index contributed by atoms with van der Waals surface area (Å²) in [7, 11) is 0. The molecule has 2 N–H and O–H groups in total. The van der Waals surface area contributed by atoms with Gasteiger partial charge in [-0.15, -0.1) is 0 Å². The van der Waals surface area contributed by atoms with Crippen molar-refractivity contribution in [3.63, 3.8) is 0 Å². The lowest BCUT2D eigenvalue weighted by Crippen LogP contribution is -2.37. The fraction of sp³-hybridized carbons (Fsp3) is 0.632. The third-order valence-electron chi connectivity index (χ3n) is 6.17. The summed E-state index contributed by atoms with van der Waals surface area (Å²) in [5.74, 6) is 0.737. The fourth-order valence-corrected chi connectivity index (χ4v) is 4.80. The Morgan fingerprint density at radius 2 is 2.30 bits per heavy atom. The number of β-amino-alcohol motifs (C(OH)–C–C–N with tert-alkyl or cyclic N) is 1. The van der Waals surface area contributed by atoms with Gasteiger partial charge >= 0.3 is 0 Å². The van der Waals surface area contributed by atoms with Crippen LogP contribution < -0.4 is 5.32 Å². The molecule has 4 atom stereocenters. The van der Waals surface area contributed by atoms with Gasteiger partial charge in [-0.1, -0.05) is 12.1 Å². The normalized spacial score (nSPS) is 35.9. The van der Waals surface area contributed by atoms with Gasteiger partial charge in [-0.25, -0.2) is 0 Å². The lowest BCUT2D eigenvalue weighted by Gasteiger charge is -2.18. The minimum Gasteiger partial charge on any atom is -0.392 e. The molecule has 4 heteroatoms. The maximum atomic E-state index is 9.58. The second-order valence-corrected chi connectivity index (χ2v) is 7.50. The van der Waals surface area contributed by atoms with Crippen molar-refractivity contribution in [2.45, 2.75) is 43.2 Å². The zero-order valence-corrected chi connectivity index (χ0v) is 13.5. The largest absolute Gasteiger partial charge is 0.392 e. The van der Waals surface area contributed by atoms with Gasteiger partial charge < -0.3 is 10.4 Å². The number of likely N-dealkylation sites (tertiary alicyclic amines) is 1. The summed E-state index contributed by atoms with van der Waals surface area (Å²) in [4.78, 5) is 2.35. The van der Waals surface area contributed by atoms with Crippen molar-refractivity contribution in [3.05, 3.63) is 35.4 Å². The molecule has 1 aromatic rings. The highest BCUT2D eigenvalue weighted by Gasteiger charge is 2.62. The highest BCUT2D eigenvalue weighted by molar-refractivity contribution is 5.42.